The largest absolute Gasteiger partial charge is 0.472 e. The zero-order valence-corrected chi connectivity index (χ0v) is 8.86. The SMILES string of the molecule is CCC(N)C(C)(CCO)c1ccoc1. The molecule has 1 aromatic heterocycles. The molecule has 3 nitrogen and oxygen atoms in total. The van der Waals surface area contributed by atoms with E-state index < -0.39 is 0 Å². The van der Waals surface area contributed by atoms with Crippen LogP contribution in [-0.2, 0) is 5.41 Å². The monoisotopic (exact) mass is 197 g/mol. The average molecular weight is 197 g/mol. The average Bonchev–Trinajstić information content (AvgIpc) is 2.70. The van der Waals surface area contributed by atoms with Crippen LogP contribution in [0.4, 0.5) is 0 Å². The van der Waals surface area contributed by atoms with Gasteiger partial charge in [-0.3, -0.25) is 0 Å². The lowest BCUT2D eigenvalue weighted by molar-refractivity contribution is 0.222. The molecule has 0 saturated carbocycles. The van der Waals surface area contributed by atoms with Crippen molar-refractivity contribution >= 4 is 0 Å². The van der Waals surface area contributed by atoms with Crippen LogP contribution in [0.2, 0.25) is 0 Å². The van der Waals surface area contributed by atoms with E-state index in [9.17, 15) is 0 Å². The maximum absolute atomic E-state index is 9.06. The van der Waals surface area contributed by atoms with E-state index in [0.717, 1.165) is 12.0 Å². The van der Waals surface area contributed by atoms with Crippen LogP contribution in [-0.4, -0.2) is 17.8 Å². The Morgan fingerprint density at radius 2 is 2.36 bits per heavy atom. The Hall–Kier alpha value is -0.800. The molecule has 2 unspecified atom stereocenters. The first kappa shape index (κ1) is 11.3. The standard InChI is InChI=1S/C11H19NO2/c1-3-10(12)11(2,5-6-13)9-4-7-14-8-9/h4,7-8,10,13H,3,5-6,12H2,1-2H3. The Balaban J connectivity index is 2.92. The third-order valence-electron chi connectivity index (χ3n) is 3.07. The van der Waals surface area contributed by atoms with Crippen molar-refractivity contribution in [3.05, 3.63) is 24.2 Å². The summed E-state index contributed by atoms with van der Waals surface area (Å²) in [5, 5.41) is 9.06. The van der Waals surface area contributed by atoms with Gasteiger partial charge in [0.1, 0.15) is 0 Å². The highest BCUT2D eigenvalue weighted by atomic mass is 16.3. The molecule has 0 radical (unpaired) electrons. The van der Waals surface area contributed by atoms with Gasteiger partial charge in [0.05, 0.1) is 12.5 Å². The first-order valence-electron chi connectivity index (χ1n) is 5.04. The summed E-state index contributed by atoms with van der Waals surface area (Å²) >= 11 is 0. The second-order valence-corrected chi connectivity index (χ2v) is 3.92. The van der Waals surface area contributed by atoms with Crippen LogP contribution < -0.4 is 5.73 Å². The van der Waals surface area contributed by atoms with Gasteiger partial charge in [0.15, 0.2) is 0 Å². The molecule has 0 aliphatic carbocycles. The normalized spacial score (nSPS) is 17.7. The van der Waals surface area contributed by atoms with Crippen molar-refractivity contribution in [2.75, 3.05) is 6.61 Å². The Bertz CT molecular complexity index is 258. The molecule has 14 heavy (non-hydrogen) atoms. The number of hydrogen-bond donors (Lipinski definition) is 2. The van der Waals surface area contributed by atoms with Gasteiger partial charge in [-0.1, -0.05) is 13.8 Å². The van der Waals surface area contributed by atoms with E-state index in [-0.39, 0.29) is 18.1 Å². The Kier molecular flexibility index (Phi) is 3.72. The van der Waals surface area contributed by atoms with Crippen molar-refractivity contribution in [1.29, 1.82) is 0 Å². The molecule has 1 aromatic rings. The molecule has 0 saturated heterocycles. The Morgan fingerprint density at radius 1 is 1.64 bits per heavy atom. The van der Waals surface area contributed by atoms with Crippen LogP contribution in [0.3, 0.4) is 0 Å². The number of aliphatic hydroxyl groups is 1. The van der Waals surface area contributed by atoms with E-state index in [1.165, 1.54) is 0 Å². The zero-order valence-electron chi connectivity index (χ0n) is 8.86. The molecule has 3 N–H and O–H groups in total. The topological polar surface area (TPSA) is 59.4 Å². The molecular weight excluding hydrogens is 178 g/mol. The summed E-state index contributed by atoms with van der Waals surface area (Å²) in [6.07, 6.45) is 4.92. The number of aliphatic hydroxyl groups excluding tert-OH is 1. The second-order valence-electron chi connectivity index (χ2n) is 3.92. The van der Waals surface area contributed by atoms with Crippen LogP contribution in [0.5, 0.6) is 0 Å². The van der Waals surface area contributed by atoms with Gasteiger partial charge in [-0.15, -0.1) is 0 Å². The number of hydrogen-bond acceptors (Lipinski definition) is 3. The van der Waals surface area contributed by atoms with Crippen LogP contribution in [0.25, 0.3) is 0 Å². The summed E-state index contributed by atoms with van der Waals surface area (Å²) in [5.41, 5.74) is 6.96. The van der Waals surface area contributed by atoms with Crippen molar-refractivity contribution in [3.8, 4) is 0 Å². The molecule has 80 valence electrons. The summed E-state index contributed by atoms with van der Waals surface area (Å²) in [6.45, 7) is 4.28. The number of rotatable bonds is 5. The molecule has 0 spiro atoms. The van der Waals surface area contributed by atoms with Gasteiger partial charge in [-0.05, 0) is 24.5 Å². The molecule has 0 aliphatic heterocycles. The molecule has 0 fully saturated rings. The summed E-state index contributed by atoms with van der Waals surface area (Å²) in [6, 6.07) is 1.97. The molecule has 2 atom stereocenters. The van der Waals surface area contributed by atoms with Crippen LogP contribution in [0.1, 0.15) is 32.3 Å². The molecule has 0 aromatic carbocycles. The van der Waals surface area contributed by atoms with Crippen molar-refractivity contribution in [1.82, 2.24) is 0 Å². The summed E-state index contributed by atoms with van der Waals surface area (Å²) in [5.74, 6) is 0. The predicted octanol–water partition coefficient (Wildman–Crippen LogP) is 1.66. The van der Waals surface area contributed by atoms with E-state index >= 15 is 0 Å². The molecule has 3 heteroatoms. The third kappa shape index (κ3) is 1.99. The van der Waals surface area contributed by atoms with E-state index in [2.05, 4.69) is 13.8 Å². The maximum atomic E-state index is 9.06. The quantitative estimate of drug-likeness (QED) is 0.754. The lowest BCUT2D eigenvalue weighted by Gasteiger charge is -2.33. The van der Waals surface area contributed by atoms with Crippen molar-refractivity contribution in [2.45, 2.75) is 38.1 Å². The van der Waals surface area contributed by atoms with E-state index in [1.807, 2.05) is 6.07 Å². The maximum Gasteiger partial charge on any atom is 0.0940 e. The lowest BCUT2D eigenvalue weighted by Crippen LogP contribution is -2.43. The third-order valence-corrected chi connectivity index (χ3v) is 3.07. The second kappa shape index (κ2) is 4.62. The lowest BCUT2D eigenvalue weighted by atomic mass is 9.74. The Morgan fingerprint density at radius 3 is 2.79 bits per heavy atom. The number of nitrogens with two attached hydrogens (primary N) is 1. The molecule has 0 aliphatic rings. The molecule has 0 amide bonds. The highest BCUT2D eigenvalue weighted by Crippen LogP contribution is 2.31. The molecular formula is C11H19NO2. The van der Waals surface area contributed by atoms with Gasteiger partial charge >= 0.3 is 0 Å². The highest BCUT2D eigenvalue weighted by Gasteiger charge is 2.32. The van der Waals surface area contributed by atoms with Crippen LogP contribution in [0, 0.1) is 0 Å². The van der Waals surface area contributed by atoms with Crippen LogP contribution >= 0.6 is 0 Å². The zero-order chi connectivity index (χ0) is 10.6. The van der Waals surface area contributed by atoms with Gasteiger partial charge in [-0.25, -0.2) is 0 Å². The van der Waals surface area contributed by atoms with Gasteiger partial charge in [0, 0.05) is 18.1 Å². The minimum Gasteiger partial charge on any atom is -0.472 e. The minimum absolute atomic E-state index is 0.0484. The fraction of sp³-hybridized carbons (Fsp3) is 0.636. The van der Waals surface area contributed by atoms with Crippen molar-refractivity contribution in [3.63, 3.8) is 0 Å². The Labute approximate surface area is 84.9 Å². The molecule has 0 bridgehead atoms. The molecule has 1 heterocycles. The number of furan rings is 1. The highest BCUT2D eigenvalue weighted by molar-refractivity contribution is 5.22. The van der Waals surface area contributed by atoms with Gasteiger partial charge in [0.2, 0.25) is 0 Å². The van der Waals surface area contributed by atoms with E-state index in [4.69, 9.17) is 15.3 Å². The first-order valence-corrected chi connectivity index (χ1v) is 5.04. The summed E-state index contributed by atoms with van der Waals surface area (Å²) < 4.78 is 5.06. The van der Waals surface area contributed by atoms with Crippen molar-refractivity contribution in [2.24, 2.45) is 5.73 Å². The van der Waals surface area contributed by atoms with E-state index in [0.29, 0.717) is 6.42 Å². The summed E-state index contributed by atoms with van der Waals surface area (Å²) in [4.78, 5) is 0. The summed E-state index contributed by atoms with van der Waals surface area (Å²) in [7, 11) is 0. The van der Waals surface area contributed by atoms with Gasteiger partial charge in [-0.2, -0.15) is 0 Å². The van der Waals surface area contributed by atoms with Crippen molar-refractivity contribution < 1.29 is 9.52 Å². The fourth-order valence-electron chi connectivity index (χ4n) is 1.82. The van der Waals surface area contributed by atoms with E-state index in [1.54, 1.807) is 12.5 Å². The fourth-order valence-corrected chi connectivity index (χ4v) is 1.82. The minimum atomic E-state index is -0.184. The van der Waals surface area contributed by atoms with Gasteiger partial charge < -0.3 is 15.3 Å². The first-order chi connectivity index (χ1) is 6.65. The van der Waals surface area contributed by atoms with Crippen LogP contribution in [0.15, 0.2) is 23.0 Å². The smallest absolute Gasteiger partial charge is 0.0940 e. The van der Waals surface area contributed by atoms with Gasteiger partial charge in [0.25, 0.3) is 0 Å². The predicted molar refractivity (Wildman–Crippen MR) is 56.0 cm³/mol. The molecule has 1 rings (SSSR count).